The van der Waals surface area contributed by atoms with Gasteiger partial charge in [-0.15, -0.1) is 0 Å². The number of hydrogen-bond acceptors (Lipinski definition) is 2. The zero-order valence-corrected chi connectivity index (χ0v) is 14.3. The van der Waals surface area contributed by atoms with Crippen LogP contribution >= 0.6 is 0 Å². The highest BCUT2D eigenvalue weighted by atomic mass is 16.5. The Morgan fingerprint density at radius 2 is 1.86 bits per heavy atom. The Morgan fingerprint density at radius 1 is 1.14 bits per heavy atom. The molecule has 1 rings (SSSR count). The van der Waals surface area contributed by atoms with Gasteiger partial charge in [-0.3, -0.25) is 4.79 Å². The van der Waals surface area contributed by atoms with Crippen molar-refractivity contribution in [1.29, 1.82) is 0 Å². The number of hydrogen-bond donors (Lipinski definition) is 0. The quantitative estimate of drug-likeness (QED) is 0.637. The summed E-state index contributed by atoms with van der Waals surface area (Å²) in [5.74, 6) is 1.79. The lowest BCUT2D eigenvalue weighted by atomic mass is 9.91. The summed E-state index contributed by atoms with van der Waals surface area (Å²) in [4.78, 5) is 11.7. The van der Waals surface area contributed by atoms with E-state index in [0.29, 0.717) is 24.5 Å². The Bertz CT molecular complexity index is 463. The third-order valence-electron chi connectivity index (χ3n) is 3.77. The first-order valence-corrected chi connectivity index (χ1v) is 8.22. The zero-order chi connectivity index (χ0) is 15.8. The van der Waals surface area contributed by atoms with Crippen LogP contribution < -0.4 is 4.74 Å². The minimum Gasteiger partial charge on any atom is -0.493 e. The number of carbonyl (C=O) groups excluding carboxylic acids is 1. The van der Waals surface area contributed by atoms with E-state index in [-0.39, 0.29) is 0 Å². The molecule has 0 amide bonds. The lowest BCUT2D eigenvalue weighted by Crippen LogP contribution is -2.09. The second kappa shape index (κ2) is 8.86. The van der Waals surface area contributed by atoms with Crippen molar-refractivity contribution in [3.05, 3.63) is 28.8 Å². The highest BCUT2D eigenvalue weighted by molar-refractivity contribution is 5.78. The maximum Gasteiger partial charge on any atom is 0.133 e. The van der Waals surface area contributed by atoms with E-state index in [0.717, 1.165) is 31.6 Å². The van der Waals surface area contributed by atoms with Crippen molar-refractivity contribution in [3.8, 4) is 5.75 Å². The summed E-state index contributed by atoms with van der Waals surface area (Å²) in [6, 6.07) is 4.36. The number of rotatable bonds is 9. The van der Waals surface area contributed by atoms with Crippen molar-refractivity contribution in [2.24, 2.45) is 5.92 Å². The van der Waals surface area contributed by atoms with Crippen LogP contribution in [0.5, 0.6) is 5.75 Å². The third-order valence-corrected chi connectivity index (χ3v) is 3.77. The summed E-state index contributed by atoms with van der Waals surface area (Å²) in [6.45, 7) is 11.3. The van der Waals surface area contributed by atoms with Gasteiger partial charge in [0.2, 0.25) is 0 Å². The number of ether oxygens (including phenoxy) is 1. The molecule has 0 heterocycles. The Kier molecular flexibility index (Phi) is 7.49. The fraction of sp³-hybridized carbons (Fsp3) is 0.632. The Labute approximate surface area is 129 Å². The van der Waals surface area contributed by atoms with E-state index in [4.69, 9.17) is 4.74 Å². The molecule has 0 radical (unpaired) electrons. The van der Waals surface area contributed by atoms with Crippen molar-refractivity contribution in [2.75, 3.05) is 6.61 Å². The average Bonchev–Trinajstić information content (AvgIpc) is 2.41. The molecule has 1 atom stereocenters. The van der Waals surface area contributed by atoms with Crippen LogP contribution in [0.4, 0.5) is 0 Å². The van der Waals surface area contributed by atoms with Gasteiger partial charge in [-0.25, -0.2) is 0 Å². The van der Waals surface area contributed by atoms with Crippen LogP contribution in [0, 0.1) is 19.8 Å². The maximum atomic E-state index is 11.7. The van der Waals surface area contributed by atoms with Gasteiger partial charge in [0.25, 0.3) is 0 Å². The summed E-state index contributed by atoms with van der Waals surface area (Å²) >= 11 is 0. The fourth-order valence-electron chi connectivity index (χ4n) is 2.65. The maximum absolute atomic E-state index is 11.7. The largest absolute Gasteiger partial charge is 0.493 e. The van der Waals surface area contributed by atoms with Crippen LogP contribution in [0.15, 0.2) is 12.1 Å². The Balaban J connectivity index is 2.71. The highest BCUT2D eigenvalue weighted by Crippen LogP contribution is 2.25. The molecular weight excluding hydrogens is 260 g/mol. The van der Waals surface area contributed by atoms with Gasteiger partial charge >= 0.3 is 0 Å². The van der Waals surface area contributed by atoms with Gasteiger partial charge < -0.3 is 4.74 Å². The van der Waals surface area contributed by atoms with E-state index in [1.54, 1.807) is 0 Å². The molecule has 21 heavy (non-hydrogen) atoms. The Hall–Kier alpha value is -1.31. The molecule has 0 saturated heterocycles. The predicted octanol–water partition coefficient (Wildman–Crippen LogP) is 5.03. The third kappa shape index (κ3) is 5.91. The van der Waals surface area contributed by atoms with Gasteiger partial charge in [0, 0.05) is 12.8 Å². The predicted molar refractivity (Wildman–Crippen MR) is 89.1 cm³/mol. The number of ketones is 1. The average molecular weight is 290 g/mol. The molecule has 0 N–H and O–H groups in total. The minimum absolute atomic E-state index is 0.391. The molecule has 0 aromatic heterocycles. The fourth-order valence-corrected chi connectivity index (χ4v) is 2.65. The van der Waals surface area contributed by atoms with Crippen LogP contribution in [-0.4, -0.2) is 12.4 Å². The van der Waals surface area contributed by atoms with Crippen LogP contribution in [0.25, 0.3) is 0 Å². The van der Waals surface area contributed by atoms with E-state index in [1.165, 1.54) is 16.7 Å². The lowest BCUT2D eigenvalue weighted by molar-refractivity contribution is -0.119. The molecule has 0 aliphatic rings. The van der Waals surface area contributed by atoms with Crippen LogP contribution in [-0.2, 0) is 11.2 Å². The number of aryl methyl sites for hydroxylation is 2. The number of Topliss-reactive ketones (excluding diaryl/α,β-unsaturated/α-hetero) is 1. The van der Waals surface area contributed by atoms with Crippen LogP contribution in [0.3, 0.4) is 0 Å². The van der Waals surface area contributed by atoms with Gasteiger partial charge in [0.15, 0.2) is 0 Å². The van der Waals surface area contributed by atoms with E-state index in [2.05, 4.69) is 46.8 Å². The molecule has 1 aromatic rings. The molecule has 0 saturated carbocycles. The van der Waals surface area contributed by atoms with E-state index >= 15 is 0 Å². The van der Waals surface area contributed by atoms with Gasteiger partial charge in [-0.1, -0.05) is 26.8 Å². The van der Waals surface area contributed by atoms with Crippen LogP contribution in [0.2, 0.25) is 0 Å². The van der Waals surface area contributed by atoms with E-state index in [1.807, 2.05) is 0 Å². The van der Waals surface area contributed by atoms with Crippen molar-refractivity contribution in [3.63, 3.8) is 0 Å². The van der Waals surface area contributed by atoms with Crippen molar-refractivity contribution in [2.45, 2.75) is 66.7 Å². The molecular formula is C19H30O2. The highest BCUT2D eigenvalue weighted by Gasteiger charge is 2.12. The first-order chi connectivity index (χ1) is 9.97. The molecule has 0 bridgehead atoms. The van der Waals surface area contributed by atoms with Gasteiger partial charge in [-0.05, 0) is 61.8 Å². The lowest BCUT2D eigenvalue weighted by Gasteiger charge is -2.16. The van der Waals surface area contributed by atoms with Crippen LogP contribution in [0.1, 0.15) is 63.1 Å². The zero-order valence-electron chi connectivity index (χ0n) is 14.3. The van der Waals surface area contributed by atoms with Gasteiger partial charge in [0.1, 0.15) is 11.5 Å². The standard InChI is InChI=1S/C19H30O2/c1-6-8-18(20)11-14(3)10-17-12-16(5)19(13-15(17)4)21-9-7-2/h12-14H,6-11H2,1-5H3. The first kappa shape index (κ1) is 17.7. The second-order valence-electron chi connectivity index (χ2n) is 6.19. The summed E-state index contributed by atoms with van der Waals surface area (Å²) < 4.78 is 5.77. The molecule has 2 nitrogen and oxygen atoms in total. The monoisotopic (exact) mass is 290 g/mol. The van der Waals surface area contributed by atoms with E-state index < -0.39 is 0 Å². The normalized spacial score (nSPS) is 12.2. The number of benzene rings is 1. The summed E-state index contributed by atoms with van der Waals surface area (Å²) in [5, 5.41) is 0. The molecule has 1 aromatic carbocycles. The first-order valence-electron chi connectivity index (χ1n) is 8.22. The molecule has 0 fully saturated rings. The summed E-state index contributed by atoms with van der Waals surface area (Å²) in [7, 11) is 0. The van der Waals surface area contributed by atoms with Gasteiger partial charge in [0.05, 0.1) is 6.61 Å². The SMILES string of the molecule is CCCOc1cc(C)c(CC(C)CC(=O)CCC)cc1C. The smallest absolute Gasteiger partial charge is 0.133 e. The van der Waals surface area contributed by atoms with Crippen molar-refractivity contribution >= 4 is 5.78 Å². The topological polar surface area (TPSA) is 26.3 Å². The molecule has 0 aliphatic carbocycles. The molecule has 118 valence electrons. The van der Waals surface area contributed by atoms with Gasteiger partial charge in [-0.2, -0.15) is 0 Å². The van der Waals surface area contributed by atoms with Crippen molar-refractivity contribution in [1.82, 2.24) is 0 Å². The molecule has 1 unspecified atom stereocenters. The second-order valence-corrected chi connectivity index (χ2v) is 6.19. The molecule has 0 aliphatic heterocycles. The molecule has 2 heteroatoms. The van der Waals surface area contributed by atoms with Crippen molar-refractivity contribution < 1.29 is 9.53 Å². The minimum atomic E-state index is 0.391. The Morgan fingerprint density at radius 3 is 2.48 bits per heavy atom. The summed E-state index contributed by atoms with van der Waals surface area (Å²) in [5.41, 5.74) is 3.80. The molecule has 0 spiro atoms. The number of carbonyl (C=O) groups is 1. The summed E-state index contributed by atoms with van der Waals surface area (Å²) in [6.07, 6.45) is 4.35. The van der Waals surface area contributed by atoms with E-state index in [9.17, 15) is 4.79 Å².